The Balaban J connectivity index is -0.000000643. The molecule has 0 saturated carbocycles. The van der Waals surface area contributed by atoms with Gasteiger partial charge in [0.1, 0.15) is 6.61 Å². The smallest absolute Gasteiger partial charge is 0.310 e. The highest BCUT2D eigenvalue weighted by atomic mass is 16.5. The molecule has 0 aromatic heterocycles. The Morgan fingerprint density at radius 3 is 1.40 bits per heavy atom. The minimum Gasteiger partial charge on any atom is -0.461 e. The molecule has 0 unspecified atom stereocenters. The monoisotopic (exact) mass is 494 g/mol. The van der Waals surface area contributed by atoms with E-state index in [4.69, 9.17) is 0 Å². The molecule has 0 aromatic rings. The van der Waals surface area contributed by atoms with E-state index >= 15 is 0 Å². The summed E-state index contributed by atoms with van der Waals surface area (Å²) in [5, 5.41) is 0. The molecule has 0 fully saturated rings. The zero-order valence-corrected chi connectivity index (χ0v) is 24.0. The van der Waals surface area contributed by atoms with E-state index in [2.05, 4.69) is 49.5 Å². The van der Waals surface area contributed by atoms with Crippen molar-refractivity contribution >= 4 is 11.9 Å². The largest absolute Gasteiger partial charge is 0.461 e. The molecule has 0 atom stereocenters. The van der Waals surface area contributed by atoms with Gasteiger partial charge in [0.05, 0.1) is 6.26 Å². The molecule has 4 heteroatoms. The summed E-state index contributed by atoms with van der Waals surface area (Å²) >= 11 is 0. The number of rotatable bonds is 20. The van der Waals surface area contributed by atoms with Crippen LogP contribution in [0.3, 0.4) is 0 Å². The van der Waals surface area contributed by atoms with Gasteiger partial charge < -0.3 is 9.47 Å². The second-order valence-corrected chi connectivity index (χ2v) is 9.05. The third kappa shape index (κ3) is 42.7. The average Bonchev–Trinajstić information content (AvgIpc) is 2.85. The van der Waals surface area contributed by atoms with Crippen molar-refractivity contribution in [3.05, 3.63) is 37.1 Å². The number of carbonyl (C=O) groups is 2. The zero-order chi connectivity index (χ0) is 27.0. The summed E-state index contributed by atoms with van der Waals surface area (Å²) in [6.07, 6.45) is 26.0. The van der Waals surface area contributed by atoms with Crippen LogP contribution in [0.15, 0.2) is 37.1 Å². The first-order valence-corrected chi connectivity index (χ1v) is 14.1. The third-order valence-electron chi connectivity index (χ3n) is 5.43. The lowest BCUT2D eigenvalue weighted by atomic mass is 10.0. The van der Waals surface area contributed by atoms with Gasteiger partial charge in [-0.3, -0.25) is 9.59 Å². The van der Waals surface area contributed by atoms with E-state index < -0.39 is 0 Å². The number of allylic oxidation sites excluding steroid dienone is 2. The van der Waals surface area contributed by atoms with Gasteiger partial charge in [0.15, 0.2) is 0 Å². The number of ether oxygens (including phenoxy) is 2. The van der Waals surface area contributed by atoms with Crippen LogP contribution in [-0.4, -0.2) is 18.5 Å². The van der Waals surface area contributed by atoms with Crippen LogP contribution >= 0.6 is 0 Å². The van der Waals surface area contributed by atoms with Crippen molar-refractivity contribution in [3.8, 4) is 0 Å². The quantitative estimate of drug-likeness (QED) is 0.0731. The summed E-state index contributed by atoms with van der Waals surface area (Å²) in [6.45, 7) is 17.3. The van der Waals surface area contributed by atoms with Crippen LogP contribution in [0.2, 0.25) is 0 Å². The van der Waals surface area contributed by atoms with E-state index in [1.54, 1.807) is 13.0 Å². The van der Waals surface area contributed by atoms with E-state index in [0.717, 1.165) is 12.8 Å². The summed E-state index contributed by atoms with van der Waals surface area (Å²) in [5.41, 5.74) is 1.38. The van der Waals surface area contributed by atoms with Crippen LogP contribution in [0.1, 0.15) is 144 Å². The maximum Gasteiger partial charge on any atom is 0.310 e. The molecule has 206 valence electrons. The predicted molar refractivity (Wildman–Crippen MR) is 152 cm³/mol. The Morgan fingerprint density at radius 2 is 1.09 bits per heavy atom. The second kappa shape index (κ2) is 34.3. The zero-order valence-electron chi connectivity index (χ0n) is 24.0. The highest BCUT2D eigenvalue weighted by molar-refractivity contribution is 5.69. The summed E-state index contributed by atoms with van der Waals surface area (Å²) in [5.74, 6) is -0.324. The number of hydrogen-bond acceptors (Lipinski definition) is 4. The molecule has 0 bridgehead atoms. The van der Waals surface area contributed by atoms with Gasteiger partial charge in [-0.1, -0.05) is 135 Å². The first kappa shape index (κ1) is 37.7. The Bertz CT molecular complexity index is 504. The number of hydrogen-bond donors (Lipinski definition) is 0. The SMILES string of the molecule is C=CCOC(=O)CC.C=COC(=O)CCCCCCCCCCCCCCCCC.CC=C(C)C. The van der Waals surface area contributed by atoms with E-state index in [-0.39, 0.29) is 11.9 Å². The maximum atomic E-state index is 11.1. The van der Waals surface area contributed by atoms with Crippen LogP contribution in [0.25, 0.3) is 0 Å². The van der Waals surface area contributed by atoms with Crippen LogP contribution in [0.4, 0.5) is 0 Å². The summed E-state index contributed by atoms with van der Waals surface area (Å²) in [6, 6.07) is 0. The van der Waals surface area contributed by atoms with Crippen LogP contribution in [-0.2, 0) is 19.1 Å². The molecule has 0 heterocycles. The summed E-state index contributed by atoms with van der Waals surface area (Å²) in [7, 11) is 0. The Hall–Kier alpha value is -1.84. The molecule has 0 aliphatic rings. The Labute approximate surface area is 218 Å². The Kier molecular flexibility index (Phi) is 37.0. The van der Waals surface area contributed by atoms with Gasteiger partial charge in [0, 0.05) is 12.8 Å². The minimum atomic E-state index is -0.176. The van der Waals surface area contributed by atoms with Crippen molar-refractivity contribution in [1.82, 2.24) is 0 Å². The highest BCUT2D eigenvalue weighted by Gasteiger charge is 2.00. The van der Waals surface area contributed by atoms with Crippen molar-refractivity contribution in [1.29, 1.82) is 0 Å². The fourth-order valence-corrected chi connectivity index (χ4v) is 3.05. The van der Waals surface area contributed by atoms with Crippen LogP contribution < -0.4 is 0 Å². The normalized spacial score (nSPS) is 9.51. The molecule has 0 N–H and O–H groups in total. The van der Waals surface area contributed by atoms with Crippen molar-refractivity contribution in [2.45, 2.75) is 144 Å². The van der Waals surface area contributed by atoms with Crippen LogP contribution in [0.5, 0.6) is 0 Å². The topological polar surface area (TPSA) is 52.6 Å². The van der Waals surface area contributed by atoms with Gasteiger partial charge in [0.2, 0.25) is 0 Å². The van der Waals surface area contributed by atoms with Gasteiger partial charge in [-0.05, 0) is 27.2 Å². The maximum absolute atomic E-state index is 11.1. The lowest BCUT2D eigenvalue weighted by Gasteiger charge is -2.03. The van der Waals surface area contributed by atoms with Gasteiger partial charge in [-0.15, -0.1) is 0 Å². The molecule has 0 radical (unpaired) electrons. The van der Waals surface area contributed by atoms with E-state index in [1.165, 1.54) is 95.3 Å². The lowest BCUT2D eigenvalue weighted by Crippen LogP contribution is -2.00. The molecule has 0 rings (SSSR count). The highest BCUT2D eigenvalue weighted by Crippen LogP contribution is 2.13. The molecular formula is C31H58O4. The molecule has 0 aliphatic heterocycles. The van der Waals surface area contributed by atoms with E-state index in [0.29, 0.717) is 19.4 Å². The fraction of sp³-hybridized carbons (Fsp3) is 0.742. The standard InChI is InChI=1S/C20H38O2.C6H10O2.C5H10/c1-3-5-6-7-8-9-10-11-12-13-14-15-16-17-18-19-20(21)22-4-2;1-3-5-8-6(7)4-2;1-4-5(2)3/h4H,2-3,5-19H2,1H3;3H,1,4-5H2,2H3;4H,1-3H3. The predicted octanol–water partition coefficient (Wildman–Crippen LogP) is 10.0. The molecule has 35 heavy (non-hydrogen) atoms. The molecule has 0 aromatic carbocycles. The molecule has 0 amide bonds. The first-order valence-electron chi connectivity index (χ1n) is 14.1. The number of carbonyl (C=O) groups excluding carboxylic acids is 2. The summed E-state index contributed by atoms with van der Waals surface area (Å²) in [4.78, 5) is 21.4. The number of esters is 2. The van der Waals surface area contributed by atoms with Crippen molar-refractivity contribution < 1.29 is 19.1 Å². The summed E-state index contributed by atoms with van der Waals surface area (Å²) < 4.78 is 9.27. The molecule has 0 saturated heterocycles. The van der Waals surface area contributed by atoms with Gasteiger partial charge in [-0.25, -0.2) is 0 Å². The molecule has 4 nitrogen and oxygen atoms in total. The van der Waals surface area contributed by atoms with Crippen molar-refractivity contribution in [3.63, 3.8) is 0 Å². The van der Waals surface area contributed by atoms with E-state index in [9.17, 15) is 9.59 Å². The van der Waals surface area contributed by atoms with Gasteiger partial charge in [0.25, 0.3) is 0 Å². The lowest BCUT2D eigenvalue weighted by molar-refractivity contribution is -0.142. The third-order valence-corrected chi connectivity index (χ3v) is 5.43. The first-order chi connectivity index (χ1) is 16.9. The number of unbranched alkanes of at least 4 members (excludes halogenated alkanes) is 14. The second-order valence-electron chi connectivity index (χ2n) is 9.05. The Morgan fingerprint density at radius 1 is 0.686 bits per heavy atom. The minimum absolute atomic E-state index is 0.148. The van der Waals surface area contributed by atoms with Gasteiger partial charge >= 0.3 is 11.9 Å². The molecule has 0 spiro atoms. The average molecular weight is 495 g/mol. The van der Waals surface area contributed by atoms with E-state index in [1.807, 2.05) is 6.92 Å². The molecule has 0 aliphatic carbocycles. The van der Waals surface area contributed by atoms with Gasteiger partial charge in [-0.2, -0.15) is 0 Å². The van der Waals surface area contributed by atoms with Crippen LogP contribution in [0, 0.1) is 0 Å². The molecular weight excluding hydrogens is 436 g/mol. The fourth-order valence-electron chi connectivity index (χ4n) is 3.05. The van der Waals surface area contributed by atoms with Crippen molar-refractivity contribution in [2.24, 2.45) is 0 Å². The van der Waals surface area contributed by atoms with Crippen molar-refractivity contribution in [2.75, 3.05) is 6.61 Å².